The maximum absolute atomic E-state index is 11.6. The highest BCUT2D eigenvalue weighted by Gasteiger charge is 2.15. The third kappa shape index (κ3) is 5.30. The highest BCUT2D eigenvalue weighted by Crippen LogP contribution is 2.20. The first-order chi connectivity index (χ1) is 12.2. The van der Waals surface area contributed by atoms with Crippen molar-refractivity contribution in [2.75, 3.05) is 17.2 Å². The molecule has 0 radical (unpaired) electrons. The Hall–Kier alpha value is -2.90. The number of carbonyl (C=O) groups is 1. The normalized spacial score (nSPS) is 11.1. The van der Waals surface area contributed by atoms with Crippen molar-refractivity contribution in [1.29, 1.82) is 0 Å². The lowest BCUT2D eigenvalue weighted by Gasteiger charge is -2.18. The molecule has 2 heterocycles. The lowest BCUT2D eigenvalue weighted by atomic mass is 10.1. The zero-order valence-corrected chi connectivity index (χ0v) is 16.0. The van der Waals surface area contributed by atoms with Crippen molar-refractivity contribution in [3.8, 4) is 0 Å². The molecule has 140 valence electrons. The Morgan fingerprint density at radius 1 is 1.31 bits per heavy atom. The number of primary amides is 1. The second-order valence-electron chi connectivity index (χ2n) is 7.29. The van der Waals surface area contributed by atoms with E-state index in [1.54, 1.807) is 6.20 Å². The number of hydrogen-bond acceptors (Lipinski definition) is 6. The summed E-state index contributed by atoms with van der Waals surface area (Å²) in [5, 5.41) is 10.6. The van der Waals surface area contributed by atoms with E-state index in [2.05, 4.69) is 52.5 Å². The van der Waals surface area contributed by atoms with Gasteiger partial charge in [0.2, 0.25) is 5.95 Å². The van der Waals surface area contributed by atoms with Crippen molar-refractivity contribution in [3.63, 3.8) is 0 Å². The molecular weight excluding hydrogens is 330 g/mol. The number of nitrogens with one attached hydrogen (secondary N) is 2. The number of carbonyl (C=O) groups excluding carboxylic acids is 1. The Labute approximate surface area is 153 Å². The molecule has 0 fully saturated rings. The van der Waals surface area contributed by atoms with Crippen LogP contribution in [0.1, 0.15) is 51.4 Å². The largest absolute Gasteiger partial charge is 0.369 e. The molecule has 0 aliphatic rings. The molecule has 0 aromatic carbocycles. The van der Waals surface area contributed by atoms with Crippen molar-refractivity contribution >= 4 is 23.4 Å². The van der Waals surface area contributed by atoms with Gasteiger partial charge >= 0.3 is 0 Å². The Morgan fingerprint density at radius 3 is 2.62 bits per heavy atom. The lowest BCUT2D eigenvalue weighted by Crippen LogP contribution is -2.21. The molecule has 26 heavy (non-hydrogen) atoms. The number of anilines is 3. The monoisotopic (exact) mass is 357 g/mol. The SMILES string of the molecule is CC(C)=CCCNc1nc(Nc2cnn(C(C)(C)C)c2)ncc1C(N)=O. The average molecular weight is 357 g/mol. The van der Waals surface area contributed by atoms with Crippen LogP contribution in [-0.4, -0.2) is 32.2 Å². The maximum Gasteiger partial charge on any atom is 0.254 e. The molecule has 0 unspecified atom stereocenters. The summed E-state index contributed by atoms with van der Waals surface area (Å²) in [6.07, 6.45) is 7.95. The molecule has 0 bridgehead atoms. The van der Waals surface area contributed by atoms with Crippen LogP contribution in [0.4, 0.5) is 17.5 Å². The van der Waals surface area contributed by atoms with Crippen LogP contribution in [0.5, 0.6) is 0 Å². The predicted octanol–water partition coefficient (Wildman–Crippen LogP) is 3.04. The van der Waals surface area contributed by atoms with Crippen LogP contribution in [0.15, 0.2) is 30.2 Å². The van der Waals surface area contributed by atoms with Gasteiger partial charge in [0.05, 0.1) is 23.0 Å². The molecule has 2 aromatic heterocycles. The number of nitrogens with zero attached hydrogens (tertiary/aromatic N) is 4. The summed E-state index contributed by atoms with van der Waals surface area (Å²) in [5.74, 6) is 0.218. The smallest absolute Gasteiger partial charge is 0.254 e. The number of aromatic nitrogens is 4. The van der Waals surface area contributed by atoms with E-state index in [1.165, 1.54) is 11.8 Å². The Kier molecular flexibility index (Phi) is 5.97. The third-order valence-corrected chi connectivity index (χ3v) is 3.57. The van der Waals surface area contributed by atoms with Crippen LogP contribution in [0.3, 0.4) is 0 Å². The number of hydrogen-bond donors (Lipinski definition) is 3. The summed E-state index contributed by atoms with van der Waals surface area (Å²) < 4.78 is 1.85. The fraction of sp³-hybridized carbons (Fsp3) is 0.444. The van der Waals surface area contributed by atoms with Crippen molar-refractivity contribution in [2.24, 2.45) is 5.73 Å². The first-order valence-corrected chi connectivity index (χ1v) is 8.53. The van der Waals surface area contributed by atoms with E-state index in [4.69, 9.17) is 5.73 Å². The molecule has 0 spiro atoms. The Bertz CT molecular complexity index is 798. The van der Waals surface area contributed by atoms with Gasteiger partial charge in [0.1, 0.15) is 5.82 Å². The van der Waals surface area contributed by atoms with Crippen molar-refractivity contribution in [1.82, 2.24) is 19.7 Å². The zero-order chi connectivity index (χ0) is 19.3. The van der Waals surface area contributed by atoms with E-state index in [0.29, 0.717) is 18.3 Å². The summed E-state index contributed by atoms with van der Waals surface area (Å²) in [4.78, 5) is 20.2. The fourth-order valence-electron chi connectivity index (χ4n) is 2.19. The number of amides is 1. The van der Waals surface area contributed by atoms with Crippen molar-refractivity contribution in [3.05, 3.63) is 35.8 Å². The molecule has 0 aliphatic carbocycles. The summed E-state index contributed by atoms with van der Waals surface area (Å²) in [6.45, 7) is 10.9. The molecule has 8 nitrogen and oxygen atoms in total. The fourth-order valence-corrected chi connectivity index (χ4v) is 2.19. The van der Waals surface area contributed by atoms with Gasteiger partial charge in [-0.3, -0.25) is 9.48 Å². The van der Waals surface area contributed by atoms with Crippen LogP contribution in [-0.2, 0) is 5.54 Å². The number of nitrogens with two attached hydrogens (primary N) is 1. The topological polar surface area (TPSA) is 111 Å². The molecule has 0 atom stereocenters. The summed E-state index contributed by atoms with van der Waals surface area (Å²) in [6, 6.07) is 0. The minimum Gasteiger partial charge on any atom is -0.369 e. The Morgan fingerprint density at radius 2 is 2.04 bits per heavy atom. The van der Waals surface area contributed by atoms with Crippen molar-refractivity contribution in [2.45, 2.75) is 46.6 Å². The zero-order valence-electron chi connectivity index (χ0n) is 16.0. The lowest BCUT2D eigenvalue weighted by molar-refractivity contribution is 0.100. The van der Waals surface area contributed by atoms with Gasteiger partial charge in [-0.15, -0.1) is 0 Å². The van der Waals surface area contributed by atoms with E-state index in [1.807, 2.05) is 24.7 Å². The Balaban J connectivity index is 2.16. The van der Waals surface area contributed by atoms with Crippen LogP contribution in [0.25, 0.3) is 0 Å². The molecular formula is C18H27N7O. The van der Waals surface area contributed by atoms with E-state index >= 15 is 0 Å². The van der Waals surface area contributed by atoms with E-state index in [-0.39, 0.29) is 11.1 Å². The van der Waals surface area contributed by atoms with Gasteiger partial charge in [0.25, 0.3) is 5.91 Å². The molecule has 4 N–H and O–H groups in total. The second kappa shape index (κ2) is 7.99. The first-order valence-electron chi connectivity index (χ1n) is 8.53. The highest BCUT2D eigenvalue weighted by molar-refractivity contribution is 5.97. The van der Waals surface area contributed by atoms with Gasteiger partial charge in [-0.05, 0) is 41.0 Å². The van der Waals surface area contributed by atoms with Gasteiger partial charge < -0.3 is 16.4 Å². The standard InChI is InChI=1S/C18H27N7O/c1-12(2)7-6-8-20-16-14(15(19)26)10-21-17(24-16)23-13-9-22-25(11-13)18(3,4)5/h7,9-11H,6,8H2,1-5H3,(H2,19,26)(H2,20,21,23,24). The third-order valence-electron chi connectivity index (χ3n) is 3.57. The molecule has 8 heteroatoms. The molecule has 1 amide bonds. The summed E-state index contributed by atoms with van der Waals surface area (Å²) in [5.41, 5.74) is 7.57. The minimum absolute atomic E-state index is 0.117. The summed E-state index contributed by atoms with van der Waals surface area (Å²) in [7, 11) is 0. The molecule has 2 rings (SSSR count). The van der Waals surface area contributed by atoms with Crippen LogP contribution in [0, 0.1) is 0 Å². The maximum atomic E-state index is 11.6. The van der Waals surface area contributed by atoms with Crippen LogP contribution >= 0.6 is 0 Å². The predicted molar refractivity (Wildman–Crippen MR) is 104 cm³/mol. The van der Waals surface area contributed by atoms with Gasteiger partial charge in [-0.2, -0.15) is 10.1 Å². The van der Waals surface area contributed by atoms with E-state index in [9.17, 15) is 4.79 Å². The van der Waals surface area contributed by atoms with Crippen LogP contribution < -0.4 is 16.4 Å². The van der Waals surface area contributed by atoms with E-state index < -0.39 is 5.91 Å². The minimum atomic E-state index is -0.568. The highest BCUT2D eigenvalue weighted by atomic mass is 16.1. The molecule has 0 aliphatic heterocycles. The number of allylic oxidation sites excluding steroid dienone is 1. The first kappa shape index (κ1) is 19.4. The van der Waals surface area contributed by atoms with Gasteiger partial charge in [-0.1, -0.05) is 11.6 Å². The average Bonchev–Trinajstić information content (AvgIpc) is 3.00. The molecule has 0 saturated heterocycles. The second-order valence-corrected chi connectivity index (χ2v) is 7.29. The molecule has 0 saturated carbocycles. The van der Waals surface area contributed by atoms with Gasteiger partial charge in [0, 0.05) is 18.9 Å². The quantitative estimate of drug-likeness (QED) is 0.519. The summed E-state index contributed by atoms with van der Waals surface area (Å²) >= 11 is 0. The van der Waals surface area contributed by atoms with Crippen LogP contribution in [0.2, 0.25) is 0 Å². The molecule has 2 aromatic rings. The number of rotatable bonds is 7. The van der Waals surface area contributed by atoms with E-state index in [0.717, 1.165) is 12.1 Å². The van der Waals surface area contributed by atoms with Gasteiger partial charge in [0.15, 0.2) is 0 Å². The van der Waals surface area contributed by atoms with Gasteiger partial charge in [-0.25, -0.2) is 4.98 Å². The van der Waals surface area contributed by atoms with Crippen molar-refractivity contribution < 1.29 is 4.79 Å².